The number of nitrogens with two attached hydrogens (primary N) is 1. The highest BCUT2D eigenvalue weighted by molar-refractivity contribution is 9.10. The summed E-state index contributed by atoms with van der Waals surface area (Å²) in [6.45, 7) is 0.702. The molecule has 0 bridgehead atoms. The SMILES string of the molecule is Nc1c(F)c(S(=O)(=O)NCC2CCCCO2)cc(Cl)c1Br. The van der Waals surface area contributed by atoms with E-state index in [1.807, 2.05) is 0 Å². The Hall–Kier alpha value is -0.410. The molecule has 1 heterocycles. The van der Waals surface area contributed by atoms with Gasteiger partial charge in [-0.2, -0.15) is 0 Å². The van der Waals surface area contributed by atoms with Gasteiger partial charge in [0.25, 0.3) is 0 Å². The fraction of sp³-hybridized carbons (Fsp3) is 0.500. The zero-order valence-electron chi connectivity index (χ0n) is 11.0. The molecular formula is C12H15BrClFN2O3S. The van der Waals surface area contributed by atoms with Crippen LogP contribution < -0.4 is 10.5 Å². The van der Waals surface area contributed by atoms with Crippen molar-refractivity contribution in [3.8, 4) is 0 Å². The zero-order chi connectivity index (χ0) is 15.6. The monoisotopic (exact) mass is 400 g/mol. The Morgan fingerprint density at radius 1 is 1.52 bits per heavy atom. The Bertz CT molecular complexity index is 636. The van der Waals surface area contributed by atoms with Crippen LogP contribution in [-0.2, 0) is 14.8 Å². The second kappa shape index (κ2) is 6.78. The second-order valence-corrected chi connectivity index (χ2v) is 7.67. The van der Waals surface area contributed by atoms with E-state index in [4.69, 9.17) is 22.1 Å². The summed E-state index contributed by atoms with van der Waals surface area (Å²) in [5.41, 5.74) is 5.16. The molecule has 1 aliphatic heterocycles. The van der Waals surface area contributed by atoms with Crippen molar-refractivity contribution < 1.29 is 17.5 Å². The predicted octanol–water partition coefficient (Wildman–Crippen LogP) is 2.67. The van der Waals surface area contributed by atoms with Gasteiger partial charge in [0.2, 0.25) is 10.0 Å². The maximum Gasteiger partial charge on any atom is 0.243 e. The minimum atomic E-state index is -4.04. The number of halogens is 3. The number of anilines is 1. The summed E-state index contributed by atoms with van der Waals surface area (Å²) in [6.07, 6.45) is 2.53. The van der Waals surface area contributed by atoms with Crippen molar-refractivity contribution in [3.05, 3.63) is 21.4 Å². The number of rotatable bonds is 4. The lowest BCUT2D eigenvalue weighted by Crippen LogP contribution is -2.35. The van der Waals surface area contributed by atoms with Gasteiger partial charge in [0.05, 0.1) is 21.3 Å². The van der Waals surface area contributed by atoms with Crippen molar-refractivity contribution in [2.75, 3.05) is 18.9 Å². The molecule has 0 aromatic heterocycles. The molecule has 5 nitrogen and oxygen atoms in total. The van der Waals surface area contributed by atoms with Crippen molar-refractivity contribution >= 4 is 43.2 Å². The van der Waals surface area contributed by atoms with Crippen molar-refractivity contribution in [2.24, 2.45) is 0 Å². The second-order valence-electron chi connectivity index (χ2n) is 4.74. The van der Waals surface area contributed by atoms with E-state index in [-0.39, 0.29) is 27.8 Å². The molecule has 0 aliphatic carbocycles. The minimum Gasteiger partial charge on any atom is -0.395 e. The molecule has 21 heavy (non-hydrogen) atoms. The zero-order valence-corrected chi connectivity index (χ0v) is 14.2. The highest BCUT2D eigenvalue weighted by Gasteiger charge is 2.25. The van der Waals surface area contributed by atoms with Gasteiger partial charge in [0.1, 0.15) is 4.90 Å². The highest BCUT2D eigenvalue weighted by Crippen LogP contribution is 2.34. The molecular weight excluding hydrogens is 387 g/mol. The van der Waals surface area contributed by atoms with Gasteiger partial charge in [-0.3, -0.25) is 0 Å². The van der Waals surface area contributed by atoms with E-state index in [1.165, 1.54) is 0 Å². The van der Waals surface area contributed by atoms with Crippen LogP contribution in [0.2, 0.25) is 5.02 Å². The average Bonchev–Trinajstić information content (AvgIpc) is 2.48. The summed E-state index contributed by atoms with van der Waals surface area (Å²) in [4.78, 5) is -0.566. The maximum absolute atomic E-state index is 14.0. The van der Waals surface area contributed by atoms with E-state index < -0.39 is 20.7 Å². The Morgan fingerprint density at radius 3 is 2.86 bits per heavy atom. The fourth-order valence-corrected chi connectivity index (χ4v) is 3.79. The molecule has 0 radical (unpaired) electrons. The van der Waals surface area contributed by atoms with Crippen molar-refractivity contribution in [3.63, 3.8) is 0 Å². The third kappa shape index (κ3) is 3.87. The normalized spacial score (nSPS) is 19.7. The topological polar surface area (TPSA) is 81.4 Å². The van der Waals surface area contributed by atoms with Gasteiger partial charge in [-0.15, -0.1) is 0 Å². The summed E-state index contributed by atoms with van der Waals surface area (Å²) in [5, 5.41) is 0.0307. The summed E-state index contributed by atoms with van der Waals surface area (Å²) in [6, 6.07) is 1.03. The van der Waals surface area contributed by atoms with Gasteiger partial charge in [0.15, 0.2) is 5.82 Å². The van der Waals surface area contributed by atoms with Crippen LogP contribution in [-0.4, -0.2) is 27.7 Å². The average molecular weight is 402 g/mol. The number of hydrogen-bond acceptors (Lipinski definition) is 4. The molecule has 1 aromatic carbocycles. The number of hydrogen-bond donors (Lipinski definition) is 2. The van der Waals surface area contributed by atoms with E-state index in [2.05, 4.69) is 20.7 Å². The standard InChI is InChI=1S/C12H15BrClFN2O3S/c13-10-8(14)5-9(11(15)12(10)16)21(18,19)17-6-7-3-1-2-4-20-7/h5,7,17H,1-4,6,16H2. The lowest BCUT2D eigenvalue weighted by Gasteiger charge is -2.22. The molecule has 1 aromatic rings. The van der Waals surface area contributed by atoms with Gasteiger partial charge in [-0.1, -0.05) is 11.6 Å². The molecule has 0 amide bonds. The Balaban J connectivity index is 2.19. The molecule has 0 saturated carbocycles. The Labute approximate surface area is 136 Å². The molecule has 118 valence electrons. The number of nitrogens with one attached hydrogen (secondary N) is 1. The molecule has 3 N–H and O–H groups in total. The summed E-state index contributed by atoms with van der Waals surface area (Å²) < 4.78 is 46.3. The quantitative estimate of drug-likeness (QED) is 0.600. The first-order chi connectivity index (χ1) is 9.83. The Kier molecular flexibility index (Phi) is 5.48. The molecule has 2 rings (SSSR count). The van der Waals surface area contributed by atoms with Crippen LogP contribution in [0, 0.1) is 5.82 Å². The van der Waals surface area contributed by atoms with Crippen LogP contribution in [0.15, 0.2) is 15.4 Å². The van der Waals surface area contributed by atoms with Gasteiger partial charge in [-0.05, 0) is 41.3 Å². The smallest absolute Gasteiger partial charge is 0.243 e. The summed E-state index contributed by atoms with van der Waals surface area (Å²) in [7, 11) is -4.04. The van der Waals surface area contributed by atoms with E-state index in [1.54, 1.807) is 0 Å². The maximum atomic E-state index is 14.0. The van der Waals surface area contributed by atoms with Crippen LogP contribution in [0.5, 0.6) is 0 Å². The van der Waals surface area contributed by atoms with E-state index >= 15 is 0 Å². The first kappa shape index (κ1) is 17.0. The molecule has 1 saturated heterocycles. The first-order valence-corrected chi connectivity index (χ1v) is 9.02. The van der Waals surface area contributed by atoms with Gasteiger partial charge in [0, 0.05) is 13.2 Å². The first-order valence-electron chi connectivity index (χ1n) is 6.37. The lowest BCUT2D eigenvalue weighted by atomic mass is 10.1. The van der Waals surface area contributed by atoms with Gasteiger partial charge in [-0.25, -0.2) is 17.5 Å². The van der Waals surface area contributed by atoms with Crippen LogP contribution in [0.4, 0.5) is 10.1 Å². The van der Waals surface area contributed by atoms with E-state index in [0.29, 0.717) is 6.61 Å². The van der Waals surface area contributed by atoms with Crippen molar-refractivity contribution in [2.45, 2.75) is 30.3 Å². The van der Waals surface area contributed by atoms with Gasteiger partial charge >= 0.3 is 0 Å². The van der Waals surface area contributed by atoms with Crippen molar-refractivity contribution in [1.82, 2.24) is 4.72 Å². The van der Waals surface area contributed by atoms with Crippen LogP contribution in [0.3, 0.4) is 0 Å². The lowest BCUT2D eigenvalue weighted by molar-refractivity contribution is 0.0200. The third-order valence-corrected chi connectivity index (χ3v) is 6.02. The molecule has 1 fully saturated rings. The third-order valence-electron chi connectivity index (χ3n) is 3.22. The van der Waals surface area contributed by atoms with Gasteiger partial charge < -0.3 is 10.5 Å². The summed E-state index contributed by atoms with van der Waals surface area (Å²) >= 11 is 8.84. The highest BCUT2D eigenvalue weighted by atomic mass is 79.9. The number of sulfonamides is 1. The Morgan fingerprint density at radius 2 is 2.24 bits per heavy atom. The van der Waals surface area contributed by atoms with Crippen molar-refractivity contribution in [1.29, 1.82) is 0 Å². The van der Waals surface area contributed by atoms with Crippen LogP contribution >= 0.6 is 27.5 Å². The van der Waals surface area contributed by atoms with E-state index in [9.17, 15) is 12.8 Å². The fourth-order valence-electron chi connectivity index (χ4n) is 2.04. The minimum absolute atomic E-state index is 0.0307. The molecule has 9 heteroatoms. The molecule has 1 atom stereocenters. The molecule has 1 unspecified atom stereocenters. The number of benzene rings is 1. The van der Waals surface area contributed by atoms with E-state index in [0.717, 1.165) is 25.3 Å². The number of nitrogen functional groups attached to an aromatic ring is 1. The summed E-state index contributed by atoms with van der Waals surface area (Å²) in [5.74, 6) is -1.02. The predicted molar refractivity (Wildman–Crippen MR) is 82.3 cm³/mol. The largest absolute Gasteiger partial charge is 0.395 e. The molecule has 0 spiro atoms. The number of ether oxygens (including phenoxy) is 1. The van der Waals surface area contributed by atoms with Crippen LogP contribution in [0.25, 0.3) is 0 Å². The molecule has 1 aliphatic rings. The van der Waals surface area contributed by atoms with Crippen LogP contribution in [0.1, 0.15) is 19.3 Å².